The van der Waals surface area contributed by atoms with E-state index in [0.29, 0.717) is 0 Å². The van der Waals surface area contributed by atoms with Crippen LogP contribution in [0.25, 0.3) is 32.3 Å². The molecule has 0 saturated carbocycles. The van der Waals surface area contributed by atoms with Crippen LogP contribution in [0.4, 0.5) is 0 Å². The standard InChI is InChI=1S/C58H70B2N2O5/c1-41(42-30-33-49(63-10)34-31-42)62(40-48-21-14-16-25-52(48)60-66-57(6,7)58(8,9)67-60)37-18-12-11-17-36-61(39-47-20-13-15-24-51(47)59-64-55(2,3)56(4,5)65-59)38-46-29-28-45-27-26-43-22-19-23-44-32-35-50(46)54(45)53(43)44/h13-16,19-35,41H,11-12,17-18,36-40H2,1-10H3/t41-/m1/s1. The first-order valence-electron chi connectivity index (χ1n) is 24.7. The van der Waals surface area contributed by atoms with Gasteiger partial charge in [-0.25, -0.2) is 0 Å². The summed E-state index contributed by atoms with van der Waals surface area (Å²) in [5.41, 5.74) is 5.72. The van der Waals surface area contributed by atoms with E-state index >= 15 is 0 Å². The fourth-order valence-corrected chi connectivity index (χ4v) is 10.1. The lowest BCUT2D eigenvalue weighted by molar-refractivity contribution is 0.00578. The molecule has 9 rings (SSSR count). The number of methoxy groups -OCH3 is 1. The predicted octanol–water partition coefficient (Wildman–Crippen LogP) is 12.0. The van der Waals surface area contributed by atoms with Crippen LogP contribution in [0.2, 0.25) is 0 Å². The van der Waals surface area contributed by atoms with Crippen LogP contribution in [-0.2, 0) is 38.3 Å². The summed E-state index contributed by atoms with van der Waals surface area (Å²) >= 11 is 0. The Hall–Kier alpha value is -4.73. The van der Waals surface area contributed by atoms with Crippen molar-refractivity contribution in [3.05, 3.63) is 150 Å². The fourth-order valence-electron chi connectivity index (χ4n) is 10.1. The van der Waals surface area contributed by atoms with Crippen LogP contribution in [0.15, 0.2) is 127 Å². The second kappa shape index (κ2) is 19.0. The van der Waals surface area contributed by atoms with Gasteiger partial charge in [-0.1, -0.05) is 128 Å². The van der Waals surface area contributed by atoms with Crippen molar-refractivity contribution in [3.63, 3.8) is 0 Å². The minimum absolute atomic E-state index is 0.196. The molecule has 0 radical (unpaired) electrons. The van der Waals surface area contributed by atoms with Crippen molar-refractivity contribution in [2.45, 2.75) is 136 Å². The molecule has 7 nitrogen and oxygen atoms in total. The molecule has 7 aromatic rings. The number of rotatable bonds is 18. The zero-order chi connectivity index (χ0) is 47.1. The average Bonchev–Trinajstić information content (AvgIpc) is 3.68. The van der Waals surface area contributed by atoms with Gasteiger partial charge in [-0.3, -0.25) is 9.80 Å². The number of unbranched alkanes of at least 4 members (excludes halogenated alkanes) is 3. The Kier molecular flexibility index (Phi) is 13.4. The Labute approximate surface area is 400 Å². The molecule has 0 amide bonds. The Morgan fingerprint density at radius 1 is 0.478 bits per heavy atom. The van der Waals surface area contributed by atoms with Crippen LogP contribution in [-0.4, -0.2) is 66.6 Å². The molecular formula is C58H70B2N2O5. The number of hydrogen-bond acceptors (Lipinski definition) is 7. The van der Waals surface area contributed by atoms with Crippen LogP contribution in [0, 0.1) is 0 Å². The van der Waals surface area contributed by atoms with E-state index in [-0.39, 0.29) is 6.04 Å². The van der Waals surface area contributed by atoms with Gasteiger partial charge in [0.2, 0.25) is 0 Å². The molecule has 0 bridgehead atoms. The molecule has 2 heterocycles. The Morgan fingerprint density at radius 2 is 0.955 bits per heavy atom. The predicted molar refractivity (Wildman–Crippen MR) is 279 cm³/mol. The van der Waals surface area contributed by atoms with Crippen LogP contribution in [0.3, 0.4) is 0 Å². The number of hydrogen-bond donors (Lipinski definition) is 0. The fraction of sp³-hybridized carbons (Fsp3) is 0.414. The SMILES string of the molecule is COc1ccc([C@@H](C)N(CCCCCCN(Cc2ccccc2B2OC(C)(C)C(C)(C)O2)Cc2ccc3ccc4cccc5ccc2c3c45)Cc2ccccc2B2OC(C)(C)C(C)(C)O2)cc1. The second-order valence-electron chi connectivity index (χ2n) is 21.2. The first kappa shape index (κ1) is 47.3. The van der Waals surface area contributed by atoms with Crippen LogP contribution in [0.5, 0.6) is 5.75 Å². The van der Waals surface area contributed by atoms with Gasteiger partial charge in [-0.05, 0) is 166 Å². The summed E-state index contributed by atoms with van der Waals surface area (Å²) in [5.74, 6) is 0.874. The van der Waals surface area contributed by atoms with Crippen molar-refractivity contribution in [1.29, 1.82) is 0 Å². The topological polar surface area (TPSA) is 52.6 Å². The molecule has 2 aliphatic heterocycles. The third kappa shape index (κ3) is 9.66. The average molecular weight is 897 g/mol. The number of benzene rings is 7. The van der Waals surface area contributed by atoms with Crippen molar-refractivity contribution in [2.75, 3.05) is 20.2 Å². The molecule has 0 N–H and O–H groups in total. The van der Waals surface area contributed by atoms with Crippen molar-refractivity contribution in [1.82, 2.24) is 9.80 Å². The maximum atomic E-state index is 6.64. The monoisotopic (exact) mass is 897 g/mol. The van der Waals surface area contributed by atoms with Crippen molar-refractivity contribution < 1.29 is 23.4 Å². The molecule has 2 fully saturated rings. The van der Waals surface area contributed by atoms with E-state index in [1.54, 1.807) is 7.11 Å². The van der Waals surface area contributed by atoms with E-state index < -0.39 is 36.6 Å². The third-order valence-corrected chi connectivity index (χ3v) is 15.7. The lowest BCUT2D eigenvalue weighted by Gasteiger charge is -2.32. The lowest BCUT2D eigenvalue weighted by atomic mass is 9.75. The molecule has 2 saturated heterocycles. The molecule has 1 atom stereocenters. The summed E-state index contributed by atoms with van der Waals surface area (Å²) in [6.07, 6.45) is 4.48. The Balaban J connectivity index is 0.929. The first-order chi connectivity index (χ1) is 32.0. The van der Waals surface area contributed by atoms with Crippen molar-refractivity contribution in [3.8, 4) is 5.75 Å². The smallest absolute Gasteiger partial charge is 0.495 e. The van der Waals surface area contributed by atoms with E-state index in [1.165, 1.54) is 54.6 Å². The minimum Gasteiger partial charge on any atom is -0.497 e. The van der Waals surface area contributed by atoms with E-state index in [0.717, 1.165) is 75.1 Å². The highest BCUT2D eigenvalue weighted by Crippen LogP contribution is 2.39. The molecule has 0 unspecified atom stereocenters. The highest BCUT2D eigenvalue weighted by molar-refractivity contribution is 6.63. The molecule has 2 aliphatic rings. The summed E-state index contributed by atoms with van der Waals surface area (Å²) in [6.45, 7) is 23.8. The first-order valence-corrected chi connectivity index (χ1v) is 24.7. The highest BCUT2D eigenvalue weighted by atomic mass is 16.7. The van der Waals surface area contributed by atoms with Gasteiger partial charge in [-0.15, -0.1) is 0 Å². The number of ether oxygens (including phenoxy) is 1. The van der Waals surface area contributed by atoms with Gasteiger partial charge in [0.1, 0.15) is 5.75 Å². The molecule has 9 heteroatoms. The van der Waals surface area contributed by atoms with Gasteiger partial charge in [0.25, 0.3) is 0 Å². The zero-order valence-electron chi connectivity index (χ0n) is 41.7. The highest BCUT2D eigenvalue weighted by Gasteiger charge is 2.53. The molecule has 0 aliphatic carbocycles. The van der Waals surface area contributed by atoms with Crippen molar-refractivity contribution in [2.24, 2.45) is 0 Å². The summed E-state index contributed by atoms with van der Waals surface area (Å²) in [5, 5.41) is 7.98. The molecule has 67 heavy (non-hydrogen) atoms. The maximum absolute atomic E-state index is 6.64. The Bertz CT molecular complexity index is 2760. The Morgan fingerprint density at radius 3 is 1.52 bits per heavy atom. The second-order valence-corrected chi connectivity index (χ2v) is 21.2. The number of nitrogens with zero attached hydrogens (tertiary/aromatic N) is 2. The summed E-state index contributed by atoms with van der Waals surface area (Å²) in [4.78, 5) is 5.28. The van der Waals surface area contributed by atoms with Crippen LogP contribution >= 0.6 is 0 Å². The van der Waals surface area contributed by atoms with E-state index in [4.69, 9.17) is 23.4 Å². The molecule has 348 valence electrons. The molecule has 0 aromatic heterocycles. The zero-order valence-corrected chi connectivity index (χ0v) is 41.7. The molecule has 7 aromatic carbocycles. The van der Waals surface area contributed by atoms with Gasteiger partial charge in [0.05, 0.1) is 29.5 Å². The van der Waals surface area contributed by atoms with Gasteiger partial charge < -0.3 is 23.4 Å². The minimum atomic E-state index is -0.412. The van der Waals surface area contributed by atoms with Crippen LogP contribution in [0.1, 0.15) is 116 Å². The summed E-state index contributed by atoms with van der Waals surface area (Å²) < 4.78 is 32.0. The summed E-state index contributed by atoms with van der Waals surface area (Å²) in [7, 11) is 0.904. The van der Waals surface area contributed by atoms with E-state index in [9.17, 15) is 0 Å². The lowest BCUT2D eigenvalue weighted by Crippen LogP contribution is -2.41. The van der Waals surface area contributed by atoms with Crippen molar-refractivity contribution >= 4 is 57.5 Å². The van der Waals surface area contributed by atoms with E-state index in [1.807, 2.05) is 0 Å². The maximum Gasteiger partial charge on any atom is 0.495 e. The van der Waals surface area contributed by atoms with Crippen LogP contribution < -0.4 is 15.7 Å². The normalized spacial score (nSPS) is 18.0. The molecule has 0 spiro atoms. The van der Waals surface area contributed by atoms with Gasteiger partial charge in [0, 0.05) is 25.7 Å². The molecular weight excluding hydrogens is 826 g/mol. The van der Waals surface area contributed by atoms with E-state index in [2.05, 4.69) is 200 Å². The van der Waals surface area contributed by atoms with Gasteiger partial charge in [0.15, 0.2) is 0 Å². The van der Waals surface area contributed by atoms with Gasteiger partial charge in [-0.2, -0.15) is 0 Å². The van der Waals surface area contributed by atoms with Gasteiger partial charge >= 0.3 is 14.2 Å². The quantitative estimate of drug-likeness (QED) is 0.0483. The summed E-state index contributed by atoms with van der Waals surface area (Å²) in [6, 6.07) is 46.7. The largest absolute Gasteiger partial charge is 0.497 e. The third-order valence-electron chi connectivity index (χ3n) is 15.7.